The van der Waals surface area contributed by atoms with Crippen LogP contribution in [-0.2, 0) is 16.0 Å². The monoisotopic (exact) mass is 325 g/mol. The van der Waals surface area contributed by atoms with Gasteiger partial charge in [0, 0.05) is 5.69 Å². The summed E-state index contributed by atoms with van der Waals surface area (Å²) in [7, 11) is 0. The first-order chi connectivity index (χ1) is 11.5. The highest BCUT2D eigenvalue weighted by atomic mass is 16.2. The van der Waals surface area contributed by atoms with Crippen LogP contribution in [0.1, 0.15) is 30.9 Å². The Hall–Kier alpha value is -2.82. The van der Waals surface area contributed by atoms with E-state index in [1.807, 2.05) is 25.1 Å². The first-order valence-corrected chi connectivity index (χ1v) is 8.07. The quantitative estimate of drug-likeness (QED) is 0.581. The molecule has 24 heavy (non-hydrogen) atoms. The van der Waals surface area contributed by atoms with Crippen LogP contribution in [0.5, 0.6) is 0 Å². The van der Waals surface area contributed by atoms with Gasteiger partial charge < -0.3 is 16.4 Å². The van der Waals surface area contributed by atoms with Crippen LogP contribution in [0, 0.1) is 6.92 Å². The van der Waals surface area contributed by atoms with Crippen molar-refractivity contribution in [3.05, 3.63) is 53.6 Å². The Morgan fingerprint density at radius 1 is 1.00 bits per heavy atom. The Kier molecular flexibility index (Phi) is 5.95. The van der Waals surface area contributed by atoms with Crippen molar-refractivity contribution in [2.45, 2.75) is 33.1 Å². The van der Waals surface area contributed by atoms with Gasteiger partial charge in [0.2, 0.25) is 0 Å². The Morgan fingerprint density at radius 2 is 1.67 bits per heavy atom. The number of nitrogens with one attached hydrogen (secondary N) is 2. The molecule has 0 aliphatic rings. The predicted molar refractivity (Wildman–Crippen MR) is 97.9 cm³/mol. The number of hydrogen-bond donors (Lipinski definition) is 3. The van der Waals surface area contributed by atoms with Gasteiger partial charge in [-0.1, -0.05) is 31.5 Å². The summed E-state index contributed by atoms with van der Waals surface area (Å²) in [6.07, 6.45) is 3.28. The van der Waals surface area contributed by atoms with Crippen LogP contribution in [0.2, 0.25) is 0 Å². The van der Waals surface area contributed by atoms with Crippen molar-refractivity contribution >= 4 is 28.9 Å². The topological polar surface area (TPSA) is 84.2 Å². The zero-order valence-corrected chi connectivity index (χ0v) is 14.1. The van der Waals surface area contributed by atoms with E-state index >= 15 is 0 Å². The van der Waals surface area contributed by atoms with Crippen LogP contribution in [0.3, 0.4) is 0 Å². The smallest absolute Gasteiger partial charge is 0.314 e. The average Bonchev–Trinajstić information content (AvgIpc) is 2.57. The number of amides is 2. The number of aryl methyl sites for hydroxylation is 2. The third-order valence-corrected chi connectivity index (χ3v) is 3.69. The summed E-state index contributed by atoms with van der Waals surface area (Å²) in [6, 6.07) is 12.8. The van der Waals surface area contributed by atoms with E-state index < -0.39 is 11.8 Å². The molecule has 0 saturated heterocycles. The largest absolute Gasteiger partial charge is 0.397 e. The molecule has 0 atom stereocenters. The van der Waals surface area contributed by atoms with E-state index in [1.165, 1.54) is 5.56 Å². The molecule has 5 nitrogen and oxygen atoms in total. The molecular formula is C19H23N3O2. The fourth-order valence-electron chi connectivity index (χ4n) is 2.28. The highest BCUT2D eigenvalue weighted by Gasteiger charge is 2.15. The van der Waals surface area contributed by atoms with Gasteiger partial charge in [-0.2, -0.15) is 0 Å². The van der Waals surface area contributed by atoms with Crippen molar-refractivity contribution < 1.29 is 9.59 Å². The second-order valence-electron chi connectivity index (χ2n) is 5.80. The number of hydrogen-bond acceptors (Lipinski definition) is 3. The third-order valence-electron chi connectivity index (χ3n) is 3.69. The number of benzene rings is 2. The number of anilines is 3. The van der Waals surface area contributed by atoms with E-state index in [0.717, 1.165) is 24.8 Å². The Labute approximate surface area is 142 Å². The lowest BCUT2D eigenvalue weighted by molar-refractivity contribution is -0.132. The highest BCUT2D eigenvalue weighted by Crippen LogP contribution is 2.19. The van der Waals surface area contributed by atoms with Crippen molar-refractivity contribution in [1.82, 2.24) is 0 Å². The molecule has 0 bridgehead atoms. The molecule has 4 N–H and O–H groups in total. The van der Waals surface area contributed by atoms with Crippen LogP contribution in [0.4, 0.5) is 17.1 Å². The molecule has 2 amide bonds. The minimum absolute atomic E-state index is 0.419. The standard InChI is InChI=1S/C19H23N3O2/c1-3-4-5-14-7-9-15(10-8-14)21-18(23)19(24)22-17-12-13(2)6-11-16(17)20/h6-12H,3-5,20H2,1-2H3,(H,21,23)(H,22,24). The van der Waals surface area contributed by atoms with Gasteiger partial charge in [-0.05, 0) is 55.2 Å². The molecule has 2 rings (SSSR count). The van der Waals surface area contributed by atoms with E-state index in [2.05, 4.69) is 17.6 Å². The first kappa shape index (κ1) is 17.5. The van der Waals surface area contributed by atoms with Crippen LogP contribution < -0.4 is 16.4 Å². The van der Waals surface area contributed by atoms with Gasteiger partial charge >= 0.3 is 11.8 Å². The van der Waals surface area contributed by atoms with E-state index in [4.69, 9.17) is 5.73 Å². The van der Waals surface area contributed by atoms with Crippen molar-refractivity contribution in [2.75, 3.05) is 16.4 Å². The molecule has 5 heteroatoms. The van der Waals surface area contributed by atoms with Gasteiger partial charge in [0.25, 0.3) is 0 Å². The van der Waals surface area contributed by atoms with Gasteiger partial charge in [0.1, 0.15) is 0 Å². The third kappa shape index (κ3) is 4.84. The lowest BCUT2D eigenvalue weighted by Crippen LogP contribution is -2.29. The molecule has 2 aromatic carbocycles. The Bertz CT molecular complexity index is 724. The molecule has 0 aromatic heterocycles. The second-order valence-corrected chi connectivity index (χ2v) is 5.80. The molecule has 0 aliphatic carbocycles. The first-order valence-electron chi connectivity index (χ1n) is 8.07. The van der Waals surface area contributed by atoms with Gasteiger partial charge in [-0.3, -0.25) is 9.59 Å². The molecule has 126 valence electrons. The zero-order valence-electron chi connectivity index (χ0n) is 14.1. The Morgan fingerprint density at radius 3 is 2.33 bits per heavy atom. The summed E-state index contributed by atoms with van der Waals surface area (Å²) in [5.74, 6) is -1.47. The van der Waals surface area contributed by atoms with Crippen molar-refractivity contribution in [2.24, 2.45) is 0 Å². The second kappa shape index (κ2) is 8.15. The number of rotatable bonds is 5. The summed E-state index contributed by atoms with van der Waals surface area (Å²) in [4.78, 5) is 24.0. The van der Waals surface area contributed by atoms with E-state index in [1.54, 1.807) is 24.3 Å². The van der Waals surface area contributed by atoms with Gasteiger partial charge in [0.15, 0.2) is 0 Å². The van der Waals surface area contributed by atoms with E-state index in [9.17, 15) is 9.59 Å². The normalized spacial score (nSPS) is 10.2. The lowest BCUT2D eigenvalue weighted by atomic mass is 10.1. The van der Waals surface area contributed by atoms with Crippen LogP contribution in [0.25, 0.3) is 0 Å². The molecule has 0 unspecified atom stereocenters. The summed E-state index contributed by atoms with van der Waals surface area (Å²) in [5.41, 5.74) is 9.41. The zero-order chi connectivity index (χ0) is 17.5. The number of carbonyl (C=O) groups is 2. The molecule has 0 fully saturated rings. The fraction of sp³-hybridized carbons (Fsp3) is 0.263. The highest BCUT2D eigenvalue weighted by molar-refractivity contribution is 6.43. The maximum absolute atomic E-state index is 12.0. The van der Waals surface area contributed by atoms with Crippen LogP contribution >= 0.6 is 0 Å². The maximum Gasteiger partial charge on any atom is 0.314 e. The number of nitrogen functional groups attached to an aromatic ring is 1. The molecular weight excluding hydrogens is 302 g/mol. The number of unbranched alkanes of at least 4 members (excludes halogenated alkanes) is 1. The van der Waals surface area contributed by atoms with E-state index in [-0.39, 0.29) is 0 Å². The van der Waals surface area contributed by atoms with Crippen molar-refractivity contribution in [3.8, 4) is 0 Å². The molecule has 0 aliphatic heterocycles. The summed E-state index contributed by atoms with van der Waals surface area (Å²) >= 11 is 0. The Balaban J connectivity index is 1.96. The molecule has 0 saturated carbocycles. The van der Waals surface area contributed by atoms with Crippen molar-refractivity contribution in [3.63, 3.8) is 0 Å². The SMILES string of the molecule is CCCCc1ccc(NC(=O)C(=O)Nc2cc(C)ccc2N)cc1. The minimum Gasteiger partial charge on any atom is -0.397 e. The molecule has 0 radical (unpaired) electrons. The van der Waals surface area contributed by atoms with Gasteiger partial charge in [-0.15, -0.1) is 0 Å². The summed E-state index contributed by atoms with van der Waals surface area (Å²) in [6.45, 7) is 4.03. The summed E-state index contributed by atoms with van der Waals surface area (Å²) in [5, 5.41) is 5.12. The summed E-state index contributed by atoms with van der Waals surface area (Å²) < 4.78 is 0. The fourth-order valence-corrected chi connectivity index (χ4v) is 2.28. The predicted octanol–water partition coefficient (Wildman–Crippen LogP) is 3.50. The van der Waals surface area contributed by atoms with Crippen molar-refractivity contribution in [1.29, 1.82) is 0 Å². The maximum atomic E-state index is 12.0. The van der Waals surface area contributed by atoms with E-state index in [0.29, 0.717) is 17.1 Å². The molecule has 2 aromatic rings. The average molecular weight is 325 g/mol. The number of carbonyl (C=O) groups excluding carboxylic acids is 2. The lowest BCUT2D eigenvalue weighted by Gasteiger charge is -2.10. The van der Waals surface area contributed by atoms with Gasteiger partial charge in [0.05, 0.1) is 11.4 Å². The molecule has 0 spiro atoms. The van der Waals surface area contributed by atoms with Crippen LogP contribution in [-0.4, -0.2) is 11.8 Å². The van der Waals surface area contributed by atoms with Gasteiger partial charge in [-0.25, -0.2) is 0 Å². The molecule has 0 heterocycles. The minimum atomic E-state index is -0.748. The number of nitrogens with two attached hydrogens (primary N) is 1. The van der Waals surface area contributed by atoms with Crippen LogP contribution in [0.15, 0.2) is 42.5 Å².